The Labute approximate surface area is 147 Å². The lowest BCUT2D eigenvalue weighted by atomic mass is 9.56. The van der Waals surface area contributed by atoms with Crippen molar-refractivity contribution < 1.29 is 9.53 Å². The molecule has 1 saturated carbocycles. The van der Waals surface area contributed by atoms with E-state index in [1.54, 1.807) is 13.4 Å². The van der Waals surface area contributed by atoms with Gasteiger partial charge in [0.2, 0.25) is 0 Å². The van der Waals surface area contributed by atoms with Crippen molar-refractivity contribution in [1.82, 2.24) is 20.1 Å². The highest BCUT2D eigenvalue weighted by molar-refractivity contribution is 5.89. The minimum absolute atomic E-state index is 0.199. The molecule has 0 radical (unpaired) electrons. The number of hydrogen-bond donors (Lipinski definition) is 2. The molecule has 7 heteroatoms. The largest absolute Gasteiger partial charge is 0.378 e. The van der Waals surface area contributed by atoms with Gasteiger partial charge in [-0.05, 0) is 43.7 Å². The van der Waals surface area contributed by atoms with Gasteiger partial charge in [-0.25, -0.2) is 4.79 Å². The molecular formula is C18H23N5O2. The van der Waals surface area contributed by atoms with E-state index < -0.39 is 0 Å². The molecule has 0 aliphatic heterocycles. The van der Waals surface area contributed by atoms with E-state index in [4.69, 9.17) is 4.74 Å². The number of urea groups is 1. The Morgan fingerprint density at radius 2 is 2.20 bits per heavy atom. The zero-order chi connectivity index (χ0) is 18.1. The van der Waals surface area contributed by atoms with E-state index in [1.807, 2.05) is 29.8 Å². The van der Waals surface area contributed by atoms with Gasteiger partial charge in [-0.3, -0.25) is 0 Å². The molecule has 0 spiro atoms. The van der Waals surface area contributed by atoms with Gasteiger partial charge in [-0.2, -0.15) is 0 Å². The van der Waals surface area contributed by atoms with Crippen LogP contribution in [0.1, 0.15) is 31.2 Å². The number of rotatable bonds is 5. The van der Waals surface area contributed by atoms with Crippen molar-refractivity contribution in [3.05, 3.63) is 54.8 Å². The maximum absolute atomic E-state index is 11.7. The average molecular weight is 341 g/mol. The molecule has 2 N–H and O–H groups in total. The minimum atomic E-state index is -0.324. The summed E-state index contributed by atoms with van der Waals surface area (Å²) in [6.07, 6.45) is 4.64. The third-order valence-corrected chi connectivity index (χ3v) is 4.89. The monoisotopic (exact) mass is 341 g/mol. The number of nitrogens with one attached hydrogen (secondary N) is 2. The fourth-order valence-corrected chi connectivity index (χ4v) is 3.73. The molecular weight excluding hydrogens is 318 g/mol. The molecule has 25 heavy (non-hydrogen) atoms. The summed E-state index contributed by atoms with van der Waals surface area (Å²) in [4.78, 5) is 11.7. The lowest BCUT2D eigenvalue weighted by Gasteiger charge is -2.53. The molecule has 3 rings (SSSR count). The maximum atomic E-state index is 11.7. The molecule has 7 nitrogen and oxygen atoms in total. The molecule has 1 aromatic carbocycles. The summed E-state index contributed by atoms with van der Waals surface area (Å²) in [6.45, 7) is 5.58. The van der Waals surface area contributed by atoms with Crippen LogP contribution in [0, 0.1) is 0 Å². The van der Waals surface area contributed by atoms with E-state index in [1.165, 1.54) is 6.20 Å². The number of aromatic nitrogens is 3. The van der Waals surface area contributed by atoms with Crippen molar-refractivity contribution in [3.63, 3.8) is 0 Å². The fourth-order valence-electron chi connectivity index (χ4n) is 3.73. The number of nitrogens with zero attached hydrogens (tertiary/aromatic N) is 3. The minimum Gasteiger partial charge on any atom is -0.378 e. The van der Waals surface area contributed by atoms with Crippen LogP contribution in [0.5, 0.6) is 0 Å². The number of aryl methyl sites for hydroxylation is 1. The number of benzene rings is 1. The van der Waals surface area contributed by atoms with E-state index in [0.717, 1.165) is 24.2 Å². The second kappa shape index (κ2) is 6.33. The van der Waals surface area contributed by atoms with Gasteiger partial charge in [-0.15, -0.1) is 10.2 Å². The topological polar surface area (TPSA) is 81.1 Å². The van der Waals surface area contributed by atoms with Crippen LogP contribution in [0.15, 0.2) is 43.4 Å². The molecule has 0 atom stereocenters. The Kier molecular flexibility index (Phi) is 4.34. The molecule has 2 aromatic rings. The number of carbonyl (C=O) groups is 1. The van der Waals surface area contributed by atoms with Crippen LogP contribution in [0.25, 0.3) is 0 Å². The summed E-state index contributed by atoms with van der Waals surface area (Å²) in [7, 11) is 3.68. The van der Waals surface area contributed by atoms with Gasteiger partial charge >= 0.3 is 6.03 Å². The average Bonchev–Trinajstić information content (AvgIpc) is 2.98. The summed E-state index contributed by atoms with van der Waals surface area (Å²) in [5.41, 5.74) is 1.30. The molecule has 1 aromatic heterocycles. The van der Waals surface area contributed by atoms with Crippen molar-refractivity contribution in [3.8, 4) is 0 Å². The van der Waals surface area contributed by atoms with Gasteiger partial charge in [0.05, 0.1) is 11.0 Å². The zero-order valence-corrected chi connectivity index (χ0v) is 14.7. The Morgan fingerprint density at radius 3 is 2.80 bits per heavy atom. The Bertz CT molecular complexity index is 792. The lowest BCUT2D eigenvalue weighted by molar-refractivity contribution is -0.0965. The highest BCUT2D eigenvalue weighted by Gasteiger charge is 2.56. The quantitative estimate of drug-likeness (QED) is 0.876. The number of anilines is 1. The first-order valence-electron chi connectivity index (χ1n) is 8.11. The van der Waals surface area contributed by atoms with Gasteiger partial charge in [0, 0.05) is 19.8 Å². The van der Waals surface area contributed by atoms with Crippen molar-refractivity contribution in [2.75, 3.05) is 12.4 Å². The normalized spacial score (nSPS) is 25.1. The zero-order valence-electron chi connectivity index (χ0n) is 14.7. The second-order valence-corrected chi connectivity index (χ2v) is 6.74. The first-order chi connectivity index (χ1) is 11.9. The molecule has 2 amide bonds. The number of ether oxygens (including phenoxy) is 1. The summed E-state index contributed by atoms with van der Waals surface area (Å²) >= 11 is 0. The molecule has 0 unspecified atom stereocenters. The van der Waals surface area contributed by atoms with E-state index in [0.29, 0.717) is 5.69 Å². The molecule has 1 heterocycles. The van der Waals surface area contributed by atoms with Crippen LogP contribution >= 0.6 is 0 Å². The molecule has 1 aliphatic carbocycles. The predicted molar refractivity (Wildman–Crippen MR) is 95.2 cm³/mol. The summed E-state index contributed by atoms with van der Waals surface area (Å²) < 4.78 is 7.61. The van der Waals surface area contributed by atoms with Crippen LogP contribution in [0.2, 0.25) is 0 Å². The second-order valence-electron chi connectivity index (χ2n) is 6.74. The summed E-state index contributed by atoms with van der Waals surface area (Å²) in [5.74, 6) is 0.898. The van der Waals surface area contributed by atoms with E-state index in [9.17, 15) is 4.79 Å². The van der Waals surface area contributed by atoms with Gasteiger partial charge in [0.1, 0.15) is 12.2 Å². The summed E-state index contributed by atoms with van der Waals surface area (Å²) in [6, 6.07) is 7.49. The van der Waals surface area contributed by atoms with E-state index in [-0.39, 0.29) is 17.0 Å². The first-order valence-corrected chi connectivity index (χ1v) is 8.11. The Hall–Kier alpha value is -2.67. The number of carbonyl (C=O) groups excluding carboxylic acids is 1. The number of methoxy groups -OCH3 is 1. The third-order valence-electron chi connectivity index (χ3n) is 4.89. The van der Waals surface area contributed by atoms with Gasteiger partial charge < -0.3 is 19.9 Å². The van der Waals surface area contributed by atoms with Crippen molar-refractivity contribution in [2.45, 2.75) is 30.8 Å². The molecule has 0 saturated heterocycles. The van der Waals surface area contributed by atoms with Gasteiger partial charge in [0.25, 0.3) is 0 Å². The number of amides is 2. The fraction of sp³-hybridized carbons (Fsp3) is 0.389. The van der Waals surface area contributed by atoms with Crippen LogP contribution in [0.4, 0.5) is 10.5 Å². The standard InChI is InChI=1S/C18H23N5O2/c1-5-19-16(24)21-14-8-6-7-13(9-14)18(10-17(2,11-18)25-4)15-22-20-12-23(15)3/h5-9,12H,1,10-11H2,2-4H3,(H2,19,21,24). The van der Waals surface area contributed by atoms with Crippen molar-refractivity contribution in [1.29, 1.82) is 0 Å². The van der Waals surface area contributed by atoms with Crippen molar-refractivity contribution >= 4 is 11.7 Å². The number of hydrogen-bond acceptors (Lipinski definition) is 4. The van der Waals surface area contributed by atoms with Crippen LogP contribution in [-0.2, 0) is 17.2 Å². The Balaban J connectivity index is 1.97. The smallest absolute Gasteiger partial charge is 0.323 e. The van der Waals surface area contributed by atoms with E-state index >= 15 is 0 Å². The van der Waals surface area contributed by atoms with Crippen LogP contribution in [0.3, 0.4) is 0 Å². The van der Waals surface area contributed by atoms with Gasteiger partial charge in [-0.1, -0.05) is 18.7 Å². The molecule has 132 valence electrons. The third kappa shape index (κ3) is 3.02. The highest BCUT2D eigenvalue weighted by Crippen LogP contribution is 2.55. The summed E-state index contributed by atoms with van der Waals surface area (Å²) in [5, 5.41) is 13.7. The lowest BCUT2D eigenvalue weighted by Crippen LogP contribution is -2.55. The van der Waals surface area contributed by atoms with Gasteiger partial charge in [0.15, 0.2) is 0 Å². The molecule has 0 bridgehead atoms. The van der Waals surface area contributed by atoms with Crippen LogP contribution in [-0.4, -0.2) is 33.5 Å². The van der Waals surface area contributed by atoms with E-state index in [2.05, 4.69) is 40.4 Å². The Morgan fingerprint density at radius 1 is 1.44 bits per heavy atom. The molecule has 1 aliphatic rings. The SMILES string of the molecule is C=CNC(=O)Nc1cccc(C2(c3nncn3C)CC(C)(OC)C2)c1. The first kappa shape index (κ1) is 17.2. The predicted octanol–water partition coefficient (Wildman–Crippen LogP) is 2.57. The highest BCUT2D eigenvalue weighted by atomic mass is 16.5. The maximum Gasteiger partial charge on any atom is 0.323 e. The van der Waals surface area contributed by atoms with Crippen LogP contribution < -0.4 is 10.6 Å². The molecule has 1 fully saturated rings. The van der Waals surface area contributed by atoms with Crippen molar-refractivity contribution in [2.24, 2.45) is 7.05 Å².